The number of nitrogens with one attached hydrogen (secondary N) is 1. The standard InChI is InChI=1S/C22H28BrN5O2/c1-13-17-8-14(22(17,2)3)9-18(13)27-19-11-26-28(21(30)20(19)23)12-16(29)5-4-15-10-24-6-7-25-15/h6-7,10-11,13-14,17-18,27H,4-5,8-9,12H2,1-3H3/t13-,14-,17+,18-/m1/s1. The molecule has 1 N–H and O–H groups in total. The van der Waals surface area contributed by atoms with Crippen molar-refractivity contribution in [2.24, 2.45) is 23.2 Å². The number of hydrogen-bond donors (Lipinski definition) is 1. The first-order valence-corrected chi connectivity index (χ1v) is 11.4. The van der Waals surface area contributed by atoms with E-state index >= 15 is 0 Å². The molecule has 30 heavy (non-hydrogen) atoms. The van der Waals surface area contributed by atoms with E-state index in [0.717, 1.165) is 18.0 Å². The predicted molar refractivity (Wildman–Crippen MR) is 118 cm³/mol. The van der Waals surface area contributed by atoms with Crippen LogP contribution in [0.2, 0.25) is 0 Å². The first-order chi connectivity index (χ1) is 14.3. The van der Waals surface area contributed by atoms with Gasteiger partial charge in [0.25, 0.3) is 5.56 Å². The molecule has 0 aromatic carbocycles. The van der Waals surface area contributed by atoms with Gasteiger partial charge in [-0.3, -0.25) is 19.6 Å². The SMILES string of the molecule is C[C@H]1[C@H](Nc2cnn(CC(=O)CCc3cnccn3)c(=O)c2Br)C[C@H]2C[C@@H]1C2(C)C. The molecule has 2 aromatic heterocycles. The van der Waals surface area contributed by atoms with Gasteiger partial charge in [0.15, 0.2) is 5.78 Å². The van der Waals surface area contributed by atoms with Crippen molar-refractivity contribution >= 4 is 27.4 Å². The Morgan fingerprint density at radius 1 is 1.30 bits per heavy atom. The van der Waals surface area contributed by atoms with Crippen molar-refractivity contribution in [1.29, 1.82) is 0 Å². The van der Waals surface area contributed by atoms with Crippen LogP contribution in [0.1, 0.15) is 45.7 Å². The summed E-state index contributed by atoms with van der Waals surface area (Å²) in [5.41, 5.74) is 1.60. The third kappa shape index (κ3) is 3.94. The molecule has 8 heteroatoms. The third-order valence-corrected chi connectivity index (χ3v) is 8.05. The van der Waals surface area contributed by atoms with Crippen molar-refractivity contribution in [2.75, 3.05) is 5.32 Å². The van der Waals surface area contributed by atoms with E-state index < -0.39 is 0 Å². The van der Waals surface area contributed by atoms with Gasteiger partial charge in [0.2, 0.25) is 0 Å². The zero-order valence-corrected chi connectivity index (χ0v) is 19.2. The molecule has 3 aliphatic carbocycles. The second-order valence-corrected chi connectivity index (χ2v) is 10.1. The van der Waals surface area contributed by atoms with Crippen LogP contribution in [0.15, 0.2) is 34.1 Å². The summed E-state index contributed by atoms with van der Waals surface area (Å²) in [5.74, 6) is 1.93. The average molecular weight is 474 g/mol. The fraction of sp³-hybridized carbons (Fsp3) is 0.591. The average Bonchev–Trinajstić information content (AvgIpc) is 2.73. The summed E-state index contributed by atoms with van der Waals surface area (Å²) >= 11 is 3.43. The molecule has 160 valence electrons. The summed E-state index contributed by atoms with van der Waals surface area (Å²) in [6.07, 6.45) is 9.71. The molecule has 2 bridgehead atoms. The highest BCUT2D eigenvalue weighted by Crippen LogP contribution is 2.61. The molecule has 3 aliphatic rings. The van der Waals surface area contributed by atoms with Crippen molar-refractivity contribution in [1.82, 2.24) is 19.7 Å². The Balaban J connectivity index is 1.39. The number of hydrogen-bond acceptors (Lipinski definition) is 6. The summed E-state index contributed by atoms with van der Waals surface area (Å²) < 4.78 is 1.66. The van der Waals surface area contributed by atoms with Crippen LogP contribution in [0, 0.1) is 23.2 Å². The fourth-order valence-corrected chi connectivity index (χ4v) is 5.61. The largest absolute Gasteiger partial charge is 0.380 e. The van der Waals surface area contributed by atoms with Crippen molar-refractivity contribution in [3.63, 3.8) is 0 Å². The van der Waals surface area contributed by atoms with Gasteiger partial charge in [-0.15, -0.1) is 0 Å². The van der Waals surface area contributed by atoms with Crippen LogP contribution in [0.25, 0.3) is 0 Å². The number of halogens is 1. The Kier molecular flexibility index (Phi) is 5.79. The van der Waals surface area contributed by atoms with Gasteiger partial charge >= 0.3 is 0 Å². The van der Waals surface area contributed by atoms with Crippen molar-refractivity contribution in [2.45, 2.75) is 59.0 Å². The number of rotatable bonds is 7. The van der Waals surface area contributed by atoms with Gasteiger partial charge in [-0.1, -0.05) is 20.8 Å². The number of Topliss-reactive ketones (excluding diaryl/α,β-unsaturated/α-hetero) is 1. The molecule has 3 saturated carbocycles. The lowest BCUT2D eigenvalue weighted by atomic mass is 9.45. The summed E-state index contributed by atoms with van der Waals surface area (Å²) in [6, 6.07) is 0.337. The number of carbonyl (C=O) groups excluding carboxylic acids is 1. The number of anilines is 1. The molecule has 0 amide bonds. The number of aromatic nitrogens is 4. The van der Waals surface area contributed by atoms with Gasteiger partial charge in [0, 0.05) is 31.1 Å². The highest BCUT2D eigenvalue weighted by molar-refractivity contribution is 9.10. The monoisotopic (exact) mass is 473 g/mol. The lowest BCUT2D eigenvalue weighted by Crippen LogP contribution is -2.58. The van der Waals surface area contributed by atoms with Crippen molar-refractivity contribution < 1.29 is 4.79 Å². The van der Waals surface area contributed by atoms with Crippen LogP contribution < -0.4 is 10.9 Å². The van der Waals surface area contributed by atoms with Crippen LogP contribution in [-0.2, 0) is 17.8 Å². The van der Waals surface area contributed by atoms with E-state index in [1.54, 1.807) is 24.8 Å². The van der Waals surface area contributed by atoms with E-state index in [1.807, 2.05) is 0 Å². The maximum Gasteiger partial charge on any atom is 0.283 e. The molecule has 2 aromatic rings. The summed E-state index contributed by atoms with van der Waals surface area (Å²) in [7, 11) is 0. The van der Waals surface area contributed by atoms with Crippen LogP contribution in [0.5, 0.6) is 0 Å². The van der Waals surface area contributed by atoms with Gasteiger partial charge in [0.05, 0.1) is 17.6 Å². The highest BCUT2D eigenvalue weighted by Gasteiger charge is 2.56. The molecule has 0 unspecified atom stereocenters. The van der Waals surface area contributed by atoms with E-state index in [9.17, 15) is 9.59 Å². The van der Waals surface area contributed by atoms with E-state index in [-0.39, 0.29) is 17.9 Å². The van der Waals surface area contributed by atoms with Crippen molar-refractivity contribution in [3.8, 4) is 0 Å². The Labute approximate surface area is 184 Å². The molecule has 7 nitrogen and oxygen atoms in total. The Bertz CT molecular complexity index is 991. The molecular weight excluding hydrogens is 446 g/mol. The molecular formula is C22H28BrN5O2. The topological polar surface area (TPSA) is 89.8 Å². The summed E-state index contributed by atoms with van der Waals surface area (Å²) in [4.78, 5) is 33.2. The fourth-order valence-electron chi connectivity index (χ4n) is 5.19. The number of nitrogens with zero attached hydrogens (tertiary/aromatic N) is 4. The van der Waals surface area contributed by atoms with E-state index in [4.69, 9.17) is 0 Å². The molecule has 3 fully saturated rings. The highest BCUT2D eigenvalue weighted by atomic mass is 79.9. The third-order valence-electron chi connectivity index (χ3n) is 7.28. The van der Waals surface area contributed by atoms with Crippen LogP contribution in [0.3, 0.4) is 0 Å². The smallest absolute Gasteiger partial charge is 0.283 e. The van der Waals surface area contributed by atoms with Gasteiger partial charge in [-0.25, -0.2) is 4.68 Å². The predicted octanol–water partition coefficient (Wildman–Crippen LogP) is 3.48. The summed E-state index contributed by atoms with van der Waals surface area (Å²) in [5, 5.41) is 7.79. The molecule has 0 aliphatic heterocycles. The summed E-state index contributed by atoms with van der Waals surface area (Å²) in [6.45, 7) is 7.01. The molecule has 0 saturated heterocycles. The number of ketones is 1. The minimum absolute atomic E-state index is 0.0455. The normalized spacial score (nSPS) is 26.7. The van der Waals surface area contributed by atoms with Crippen LogP contribution in [-0.4, -0.2) is 31.6 Å². The molecule has 2 heterocycles. The second-order valence-electron chi connectivity index (χ2n) is 9.28. The Morgan fingerprint density at radius 2 is 2.10 bits per heavy atom. The quantitative estimate of drug-likeness (QED) is 0.661. The minimum atomic E-state index is -0.290. The van der Waals surface area contributed by atoms with E-state index in [1.165, 1.54) is 11.1 Å². The van der Waals surface area contributed by atoms with E-state index in [2.05, 4.69) is 57.1 Å². The van der Waals surface area contributed by atoms with E-state index in [0.29, 0.717) is 46.3 Å². The zero-order valence-electron chi connectivity index (χ0n) is 17.6. The second kappa shape index (κ2) is 8.21. The van der Waals surface area contributed by atoms with Crippen LogP contribution in [0.4, 0.5) is 5.69 Å². The number of carbonyl (C=O) groups is 1. The Morgan fingerprint density at radius 3 is 2.77 bits per heavy atom. The maximum absolute atomic E-state index is 12.7. The Hall–Kier alpha value is -2.09. The first-order valence-electron chi connectivity index (χ1n) is 10.6. The zero-order chi connectivity index (χ0) is 21.5. The maximum atomic E-state index is 12.7. The van der Waals surface area contributed by atoms with Gasteiger partial charge in [-0.2, -0.15) is 5.10 Å². The number of fused-ring (bicyclic) bond motifs is 2. The number of aryl methyl sites for hydroxylation is 1. The van der Waals surface area contributed by atoms with Gasteiger partial charge in [-0.05, 0) is 58.4 Å². The molecule has 0 spiro atoms. The van der Waals surface area contributed by atoms with Gasteiger partial charge < -0.3 is 5.32 Å². The molecule has 0 radical (unpaired) electrons. The first kappa shape index (κ1) is 21.2. The molecule has 5 rings (SSSR count). The van der Waals surface area contributed by atoms with Crippen LogP contribution >= 0.6 is 15.9 Å². The van der Waals surface area contributed by atoms with Crippen molar-refractivity contribution in [3.05, 3.63) is 45.3 Å². The lowest BCUT2D eigenvalue weighted by Gasteiger charge is -2.62. The van der Waals surface area contributed by atoms with Gasteiger partial charge in [0.1, 0.15) is 11.0 Å². The lowest BCUT2D eigenvalue weighted by molar-refractivity contribution is -0.119. The molecule has 4 atom stereocenters. The minimum Gasteiger partial charge on any atom is -0.380 e.